The summed E-state index contributed by atoms with van der Waals surface area (Å²) in [6, 6.07) is 8.24. The number of halogens is 1. The lowest BCUT2D eigenvalue weighted by Crippen LogP contribution is -2.56. The van der Waals surface area contributed by atoms with Crippen LogP contribution in [0.2, 0.25) is 5.02 Å². The molecular weight excluding hydrogens is 234 g/mol. The van der Waals surface area contributed by atoms with Gasteiger partial charge in [-0.25, -0.2) is 0 Å². The van der Waals surface area contributed by atoms with Crippen molar-refractivity contribution in [1.29, 1.82) is 0 Å². The van der Waals surface area contributed by atoms with Crippen molar-refractivity contribution in [2.24, 2.45) is 5.92 Å². The molecular formula is C14H18ClNO. The van der Waals surface area contributed by atoms with Gasteiger partial charge in [-0.3, -0.25) is 0 Å². The van der Waals surface area contributed by atoms with Crippen LogP contribution in [0.4, 0.5) is 0 Å². The molecule has 1 atom stereocenters. The van der Waals surface area contributed by atoms with Crippen molar-refractivity contribution >= 4 is 11.6 Å². The van der Waals surface area contributed by atoms with E-state index in [2.05, 4.69) is 17.4 Å². The largest absolute Gasteiger partial charge is 0.379 e. The number of piperidine rings is 1. The van der Waals surface area contributed by atoms with Crippen LogP contribution in [0, 0.1) is 5.92 Å². The summed E-state index contributed by atoms with van der Waals surface area (Å²) in [5, 5.41) is 4.39. The predicted octanol–water partition coefficient (Wildman–Crippen LogP) is 2.61. The van der Waals surface area contributed by atoms with Crippen LogP contribution in [-0.2, 0) is 10.2 Å². The van der Waals surface area contributed by atoms with E-state index in [1.165, 1.54) is 18.4 Å². The highest BCUT2D eigenvalue weighted by molar-refractivity contribution is 6.31. The van der Waals surface area contributed by atoms with E-state index in [1.807, 2.05) is 12.1 Å². The first-order valence-corrected chi connectivity index (χ1v) is 6.74. The summed E-state index contributed by atoms with van der Waals surface area (Å²) in [6.07, 6.45) is 2.54. The minimum absolute atomic E-state index is 0.158. The van der Waals surface area contributed by atoms with Gasteiger partial charge < -0.3 is 10.1 Å². The van der Waals surface area contributed by atoms with Gasteiger partial charge in [-0.2, -0.15) is 0 Å². The summed E-state index contributed by atoms with van der Waals surface area (Å²) < 4.78 is 5.51. The quantitative estimate of drug-likeness (QED) is 0.873. The van der Waals surface area contributed by atoms with Crippen LogP contribution in [-0.4, -0.2) is 26.3 Å². The lowest BCUT2D eigenvalue weighted by Gasteiger charge is -2.49. The van der Waals surface area contributed by atoms with Crippen LogP contribution < -0.4 is 5.32 Å². The number of hydrogen-bond donors (Lipinski definition) is 1. The molecule has 0 spiro atoms. The van der Waals surface area contributed by atoms with Crippen LogP contribution >= 0.6 is 11.6 Å². The first kappa shape index (κ1) is 11.5. The first-order chi connectivity index (χ1) is 8.33. The van der Waals surface area contributed by atoms with Crippen LogP contribution in [0.25, 0.3) is 0 Å². The van der Waals surface area contributed by atoms with Crippen LogP contribution in [0.3, 0.4) is 0 Å². The highest BCUT2D eigenvalue weighted by atomic mass is 35.5. The van der Waals surface area contributed by atoms with Crippen molar-refractivity contribution in [2.75, 3.05) is 26.3 Å². The number of benzene rings is 1. The van der Waals surface area contributed by atoms with Crippen molar-refractivity contribution in [1.82, 2.24) is 5.32 Å². The molecule has 1 unspecified atom stereocenters. The van der Waals surface area contributed by atoms with Gasteiger partial charge in [0.15, 0.2) is 0 Å². The first-order valence-electron chi connectivity index (χ1n) is 6.36. The maximum Gasteiger partial charge on any atom is 0.0589 e. The van der Waals surface area contributed by atoms with Crippen LogP contribution in [0.5, 0.6) is 0 Å². The zero-order valence-corrected chi connectivity index (χ0v) is 10.7. The molecule has 1 aromatic carbocycles. The lowest BCUT2D eigenvalue weighted by molar-refractivity contribution is -0.0947. The number of rotatable bonds is 2. The van der Waals surface area contributed by atoms with E-state index >= 15 is 0 Å². The molecule has 0 saturated carbocycles. The van der Waals surface area contributed by atoms with E-state index in [4.69, 9.17) is 16.3 Å². The number of hydrogen-bond acceptors (Lipinski definition) is 2. The third-order valence-corrected chi connectivity index (χ3v) is 4.54. The van der Waals surface area contributed by atoms with Gasteiger partial charge in [0.25, 0.3) is 0 Å². The molecule has 92 valence electrons. The Morgan fingerprint density at radius 1 is 1.29 bits per heavy atom. The number of ether oxygens (including phenoxy) is 1. The minimum Gasteiger partial charge on any atom is -0.379 e. The molecule has 2 heterocycles. The smallest absolute Gasteiger partial charge is 0.0589 e. The third-order valence-electron chi connectivity index (χ3n) is 4.21. The lowest BCUT2D eigenvalue weighted by atomic mass is 9.66. The Morgan fingerprint density at radius 3 is 2.71 bits per heavy atom. The Kier molecular flexibility index (Phi) is 3.12. The molecule has 1 N–H and O–H groups in total. The van der Waals surface area contributed by atoms with Gasteiger partial charge >= 0.3 is 0 Å². The summed E-state index contributed by atoms with van der Waals surface area (Å²) in [5.74, 6) is 0.657. The highest BCUT2D eigenvalue weighted by Crippen LogP contribution is 2.44. The van der Waals surface area contributed by atoms with Crippen molar-refractivity contribution in [3.8, 4) is 0 Å². The molecule has 3 heteroatoms. The molecule has 2 saturated heterocycles. The molecule has 0 aromatic heterocycles. The molecule has 0 aliphatic carbocycles. The summed E-state index contributed by atoms with van der Waals surface area (Å²) in [7, 11) is 0. The monoisotopic (exact) mass is 251 g/mol. The zero-order chi connectivity index (χ0) is 11.7. The van der Waals surface area contributed by atoms with Gasteiger partial charge in [-0.05, 0) is 43.5 Å². The average Bonchev–Trinajstić information content (AvgIpc) is 2.32. The Labute approximate surface area is 107 Å². The molecule has 0 radical (unpaired) electrons. The molecule has 3 rings (SSSR count). The highest BCUT2D eigenvalue weighted by Gasteiger charge is 2.47. The predicted molar refractivity (Wildman–Crippen MR) is 69.5 cm³/mol. The second kappa shape index (κ2) is 4.60. The Balaban J connectivity index is 1.93. The molecule has 2 fully saturated rings. The van der Waals surface area contributed by atoms with Crippen LogP contribution in [0.15, 0.2) is 24.3 Å². The summed E-state index contributed by atoms with van der Waals surface area (Å²) in [5.41, 5.74) is 1.44. The van der Waals surface area contributed by atoms with Gasteiger partial charge in [0.1, 0.15) is 0 Å². The van der Waals surface area contributed by atoms with E-state index < -0.39 is 0 Å². The van der Waals surface area contributed by atoms with E-state index in [1.54, 1.807) is 0 Å². The molecule has 2 aliphatic rings. The normalized spacial score (nSPS) is 27.5. The van der Waals surface area contributed by atoms with Crippen LogP contribution in [0.1, 0.15) is 18.4 Å². The number of nitrogens with one attached hydrogen (secondary N) is 1. The zero-order valence-electron chi connectivity index (χ0n) is 9.92. The molecule has 1 aromatic rings. The van der Waals surface area contributed by atoms with Gasteiger partial charge in [0.2, 0.25) is 0 Å². The molecule has 2 nitrogen and oxygen atoms in total. The fraction of sp³-hybridized carbons (Fsp3) is 0.571. The average molecular weight is 252 g/mol. The minimum atomic E-state index is 0.158. The van der Waals surface area contributed by atoms with Gasteiger partial charge in [0.05, 0.1) is 13.2 Å². The van der Waals surface area contributed by atoms with E-state index in [0.717, 1.165) is 31.3 Å². The van der Waals surface area contributed by atoms with Gasteiger partial charge in [-0.15, -0.1) is 0 Å². The topological polar surface area (TPSA) is 21.3 Å². The van der Waals surface area contributed by atoms with E-state index in [-0.39, 0.29) is 5.41 Å². The third kappa shape index (κ3) is 1.88. The summed E-state index contributed by atoms with van der Waals surface area (Å²) in [6.45, 7) is 3.89. The second-order valence-corrected chi connectivity index (χ2v) is 5.58. The van der Waals surface area contributed by atoms with E-state index in [9.17, 15) is 0 Å². The van der Waals surface area contributed by atoms with E-state index in [0.29, 0.717) is 5.92 Å². The SMILES string of the molecule is Clc1ccccc1C1(C2CCCNC2)COC1. The second-order valence-electron chi connectivity index (χ2n) is 5.17. The summed E-state index contributed by atoms with van der Waals surface area (Å²) >= 11 is 6.36. The Hall–Kier alpha value is -0.570. The molecule has 2 aliphatic heterocycles. The molecule has 17 heavy (non-hydrogen) atoms. The summed E-state index contributed by atoms with van der Waals surface area (Å²) in [4.78, 5) is 0. The van der Waals surface area contributed by atoms with Gasteiger partial charge in [-0.1, -0.05) is 29.8 Å². The maximum absolute atomic E-state index is 6.36. The van der Waals surface area contributed by atoms with Crippen molar-refractivity contribution in [3.05, 3.63) is 34.9 Å². The molecule has 0 bridgehead atoms. The van der Waals surface area contributed by atoms with Crippen molar-refractivity contribution in [2.45, 2.75) is 18.3 Å². The fourth-order valence-electron chi connectivity index (χ4n) is 3.12. The standard InChI is InChI=1S/C14H18ClNO/c15-13-6-2-1-5-12(13)14(9-17-10-14)11-4-3-7-16-8-11/h1-2,5-6,11,16H,3-4,7-10H2. The Bertz CT molecular complexity index is 397. The van der Waals surface area contributed by atoms with Crippen molar-refractivity contribution in [3.63, 3.8) is 0 Å². The van der Waals surface area contributed by atoms with Gasteiger partial charge in [0, 0.05) is 10.4 Å². The maximum atomic E-state index is 6.36. The molecule has 0 amide bonds. The fourth-order valence-corrected chi connectivity index (χ4v) is 3.45. The van der Waals surface area contributed by atoms with Crippen molar-refractivity contribution < 1.29 is 4.74 Å². The Morgan fingerprint density at radius 2 is 2.12 bits per heavy atom.